The van der Waals surface area contributed by atoms with E-state index in [2.05, 4.69) is 20.9 Å². The highest BCUT2D eigenvalue weighted by molar-refractivity contribution is 6.42. The van der Waals surface area contributed by atoms with Gasteiger partial charge in [-0.3, -0.25) is 14.2 Å². The average molecular weight is 494 g/mol. The molecule has 2 atom stereocenters. The Bertz CT molecular complexity index is 1340. The third kappa shape index (κ3) is 3.64. The Morgan fingerprint density at radius 3 is 2.67 bits per heavy atom. The number of hydrogen-bond donors (Lipinski definition) is 3. The SMILES string of the molecule is O=C1NCCC1n1cnc2c(F)cc(N[C@@]3(c4c(F)ccc(Cl)c4Cl)CCNC3)cc2c1=O. The van der Waals surface area contributed by atoms with E-state index in [1.807, 2.05) is 0 Å². The average Bonchev–Trinajstić information content (AvgIpc) is 3.41. The molecule has 11 heteroatoms. The van der Waals surface area contributed by atoms with Crippen molar-refractivity contribution in [2.45, 2.75) is 24.4 Å². The molecular weight excluding hydrogens is 475 g/mol. The summed E-state index contributed by atoms with van der Waals surface area (Å²) in [6, 6.07) is 4.59. The second kappa shape index (κ2) is 8.23. The van der Waals surface area contributed by atoms with Crippen LogP contribution in [0.1, 0.15) is 24.4 Å². The lowest BCUT2D eigenvalue weighted by Gasteiger charge is -2.33. The first-order chi connectivity index (χ1) is 15.8. The molecular formula is C22H19Cl2F2N5O2. The van der Waals surface area contributed by atoms with E-state index in [1.165, 1.54) is 35.2 Å². The maximum atomic E-state index is 15.0. The Hall–Kier alpha value is -2.75. The fraction of sp³-hybridized carbons (Fsp3) is 0.318. The van der Waals surface area contributed by atoms with Gasteiger partial charge in [0, 0.05) is 24.3 Å². The van der Waals surface area contributed by atoms with E-state index in [0.717, 1.165) is 0 Å². The molecule has 2 aliphatic rings. The van der Waals surface area contributed by atoms with Gasteiger partial charge in [-0.1, -0.05) is 23.2 Å². The molecule has 1 amide bonds. The van der Waals surface area contributed by atoms with Crippen LogP contribution in [0.4, 0.5) is 14.5 Å². The number of halogens is 4. The number of anilines is 1. The van der Waals surface area contributed by atoms with Crippen LogP contribution >= 0.6 is 23.2 Å². The van der Waals surface area contributed by atoms with Crippen LogP contribution in [-0.2, 0) is 10.3 Å². The highest BCUT2D eigenvalue weighted by atomic mass is 35.5. The van der Waals surface area contributed by atoms with Gasteiger partial charge < -0.3 is 16.0 Å². The minimum Gasteiger partial charge on any atom is -0.374 e. The molecule has 0 saturated carbocycles. The van der Waals surface area contributed by atoms with Crippen LogP contribution in [0, 0.1) is 11.6 Å². The molecule has 3 N–H and O–H groups in total. The van der Waals surface area contributed by atoms with Crippen molar-refractivity contribution in [1.29, 1.82) is 0 Å². The Morgan fingerprint density at radius 1 is 1.15 bits per heavy atom. The molecule has 2 aromatic carbocycles. The molecule has 2 fully saturated rings. The summed E-state index contributed by atoms with van der Waals surface area (Å²) in [7, 11) is 0. The predicted octanol–water partition coefficient (Wildman–Crippen LogP) is 3.34. The van der Waals surface area contributed by atoms with Crippen molar-refractivity contribution in [3.8, 4) is 0 Å². The molecule has 2 aliphatic heterocycles. The molecule has 3 heterocycles. The van der Waals surface area contributed by atoms with Gasteiger partial charge in [0.15, 0.2) is 5.82 Å². The van der Waals surface area contributed by atoms with Gasteiger partial charge in [-0.2, -0.15) is 0 Å². The van der Waals surface area contributed by atoms with Gasteiger partial charge in [0.1, 0.15) is 17.4 Å². The van der Waals surface area contributed by atoms with Crippen LogP contribution in [0.5, 0.6) is 0 Å². The molecule has 7 nitrogen and oxygen atoms in total. The molecule has 3 aromatic rings. The van der Waals surface area contributed by atoms with Crippen molar-refractivity contribution in [3.63, 3.8) is 0 Å². The molecule has 172 valence electrons. The van der Waals surface area contributed by atoms with E-state index >= 15 is 0 Å². The molecule has 2 saturated heterocycles. The second-order valence-corrected chi connectivity index (χ2v) is 9.04. The van der Waals surface area contributed by atoms with E-state index in [0.29, 0.717) is 32.5 Å². The molecule has 33 heavy (non-hydrogen) atoms. The number of nitrogens with one attached hydrogen (secondary N) is 3. The summed E-state index contributed by atoms with van der Waals surface area (Å²) < 4.78 is 31.1. The second-order valence-electron chi connectivity index (χ2n) is 8.26. The van der Waals surface area contributed by atoms with E-state index < -0.39 is 28.8 Å². The van der Waals surface area contributed by atoms with Crippen LogP contribution in [-0.4, -0.2) is 35.1 Å². The van der Waals surface area contributed by atoms with Crippen molar-refractivity contribution < 1.29 is 13.6 Å². The topological polar surface area (TPSA) is 88.1 Å². The number of hydrogen-bond acceptors (Lipinski definition) is 5. The number of amides is 1. The molecule has 0 spiro atoms. The van der Waals surface area contributed by atoms with Crippen molar-refractivity contribution in [2.75, 3.05) is 25.0 Å². The van der Waals surface area contributed by atoms with Crippen LogP contribution in [0.25, 0.3) is 10.9 Å². The molecule has 0 aliphatic carbocycles. The number of fused-ring (bicyclic) bond motifs is 1. The first-order valence-electron chi connectivity index (χ1n) is 10.4. The van der Waals surface area contributed by atoms with Crippen molar-refractivity contribution >= 4 is 45.7 Å². The highest BCUT2D eigenvalue weighted by Gasteiger charge is 2.40. The maximum Gasteiger partial charge on any atom is 0.262 e. The first-order valence-corrected chi connectivity index (χ1v) is 11.2. The zero-order chi connectivity index (χ0) is 23.3. The van der Waals surface area contributed by atoms with Gasteiger partial charge in [-0.05, 0) is 43.7 Å². The highest BCUT2D eigenvalue weighted by Crippen LogP contribution is 2.41. The van der Waals surface area contributed by atoms with Gasteiger partial charge in [-0.15, -0.1) is 0 Å². The Morgan fingerprint density at radius 2 is 1.97 bits per heavy atom. The monoisotopic (exact) mass is 493 g/mol. The van der Waals surface area contributed by atoms with Gasteiger partial charge in [0.2, 0.25) is 5.91 Å². The zero-order valence-corrected chi connectivity index (χ0v) is 18.7. The fourth-order valence-electron chi connectivity index (χ4n) is 4.66. The number of carbonyl (C=O) groups excluding carboxylic acids is 1. The normalized spacial score (nSPS) is 22.7. The van der Waals surface area contributed by atoms with Crippen LogP contribution in [0.2, 0.25) is 10.0 Å². The molecule has 0 bridgehead atoms. The van der Waals surface area contributed by atoms with Crippen LogP contribution in [0.15, 0.2) is 35.4 Å². The van der Waals surface area contributed by atoms with Crippen LogP contribution < -0.4 is 21.5 Å². The Balaban J connectivity index is 1.62. The van der Waals surface area contributed by atoms with Gasteiger partial charge >= 0.3 is 0 Å². The van der Waals surface area contributed by atoms with Crippen molar-refractivity contribution in [3.05, 3.63) is 68.2 Å². The largest absolute Gasteiger partial charge is 0.374 e. The predicted molar refractivity (Wildman–Crippen MR) is 122 cm³/mol. The summed E-state index contributed by atoms with van der Waals surface area (Å²) in [5.74, 6) is -1.54. The van der Waals surface area contributed by atoms with Crippen molar-refractivity contribution in [2.24, 2.45) is 0 Å². The quantitative estimate of drug-likeness (QED) is 0.485. The number of carbonyl (C=O) groups is 1. The number of benzene rings is 2. The van der Waals surface area contributed by atoms with Gasteiger partial charge in [-0.25, -0.2) is 13.8 Å². The lowest BCUT2D eigenvalue weighted by atomic mass is 9.87. The summed E-state index contributed by atoms with van der Waals surface area (Å²) in [5.41, 5.74) is -1.22. The van der Waals surface area contributed by atoms with Gasteiger partial charge in [0.25, 0.3) is 5.56 Å². The summed E-state index contributed by atoms with van der Waals surface area (Å²) >= 11 is 12.5. The Labute approximate surface area is 197 Å². The van der Waals surface area contributed by atoms with E-state index in [4.69, 9.17) is 23.2 Å². The lowest BCUT2D eigenvalue weighted by Crippen LogP contribution is -2.39. The third-order valence-corrected chi connectivity index (χ3v) is 7.06. The molecule has 5 rings (SSSR count). The number of aromatic nitrogens is 2. The molecule has 1 unspecified atom stereocenters. The first kappa shape index (κ1) is 22.1. The Kier molecular flexibility index (Phi) is 5.50. The van der Waals surface area contributed by atoms with Gasteiger partial charge in [0.05, 0.1) is 27.3 Å². The maximum absolute atomic E-state index is 15.0. The van der Waals surface area contributed by atoms with E-state index in [-0.39, 0.29) is 38.1 Å². The minimum atomic E-state index is -1.02. The number of nitrogens with zero attached hydrogens (tertiary/aromatic N) is 2. The summed E-state index contributed by atoms with van der Waals surface area (Å²) in [4.78, 5) is 29.3. The van der Waals surface area contributed by atoms with Crippen molar-refractivity contribution in [1.82, 2.24) is 20.2 Å². The molecule has 0 radical (unpaired) electrons. The smallest absolute Gasteiger partial charge is 0.262 e. The third-order valence-electron chi connectivity index (χ3n) is 6.26. The van der Waals surface area contributed by atoms with E-state index in [1.54, 1.807) is 0 Å². The standard InChI is InChI=1S/C22H19Cl2F2N5O2/c23-13-1-2-14(25)17(18(13)24)22(4-6-27-9-22)30-11-7-12-19(15(26)8-11)29-10-31(21(12)33)16-3-5-28-20(16)32/h1-2,7-8,10,16,27,30H,3-6,9H2,(H,28,32)/t16?,22-/m0/s1. The lowest BCUT2D eigenvalue weighted by molar-refractivity contribution is -0.121. The van der Waals surface area contributed by atoms with Crippen LogP contribution in [0.3, 0.4) is 0 Å². The fourth-order valence-corrected chi connectivity index (χ4v) is 5.15. The molecule has 1 aromatic heterocycles. The summed E-state index contributed by atoms with van der Waals surface area (Å²) in [5, 5.41) is 9.33. The summed E-state index contributed by atoms with van der Waals surface area (Å²) in [6.07, 6.45) is 2.08. The zero-order valence-electron chi connectivity index (χ0n) is 17.2. The van der Waals surface area contributed by atoms with E-state index in [9.17, 15) is 18.4 Å². The summed E-state index contributed by atoms with van der Waals surface area (Å²) in [6.45, 7) is 1.32. The number of rotatable bonds is 4. The minimum absolute atomic E-state index is 0.0125.